The average Bonchev–Trinajstić information content (AvgIpc) is 3.08. The minimum Gasteiger partial charge on any atom is -0.382 e. The molecule has 0 saturated heterocycles. The summed E-state index contributed by atoms with van der Waals surface area (Å²) in [5, 5.41) is 8.89. The van der Waals surface area contributed by atoms with E-state index in [0.29, 0.717) is 13.2 Å². The van der Waals surface area contributed by atoms with Crippen LogP contribution in [-0.2, 0) is 14.9 Å². The first-order valence-corrected chi connectivity index (χ1v) is 9.03. The van der Waals surface area contributed by atoms with Crippen LogP contribution in [0.15, 0.2) is 22.5 Å². The number of unbranched alkanes of at least 4 members (excludes halogenated alkanes) is 1. The van der Waals surface area contributed by atoms with Gasteiger partial charge < -0.3 is 20.1 Å². The van der Waals surface area contributed by atoms with E-state index in [2.05, 4.69) is 47.0 Å². The number of methoxy groups -OCH3 is 1. The second kappa shape index (κ2) is 13.9. The van der Waals surface area contributed by atoms with E-state index in [4.69, 9.17) is 9.47 Å². The summed E-state index contributed by atoms with van der Waals surface area (Å²) in [7, 11) is 3.49. The highest BCUT2D eigenvalue weighted by Gasteiger charge is 2.21. The zero-order chi connectivity index (χ0) is 17.0. The summed E-state index contributed by atoms with van der Waals surface area (Å²) in [5.41, 5.74) is 0.0982. The van der Waals surface area contributed by atoms with Crippen molar-refractivity contribution in [2.24, 2.45) is 4.99 Å². The van der Waals surface area contributed by atoms with Crippen LogP contribution in [0.2, 0.25) is 0 Å². The largest absolute Gasteiger partial charge is 0.382 e. The van der Waals surface area contributed by atoms with Gasteiger partial charge in [-0.05, 0) is 24.3 Å². The Morgan fingerprint density at radius 2 is 2.00 bits per heavy atom. The van der Waals surface area contributed by atoms with Crippen molar-refractivity contribution in [2.45, 2.75) is 32.1 Å². The third-order valence-corrected chi connectivity index (χ3v) is 4.79. The van der Waals surface area contributed by atoms with Gasteiger partial charge >= 0.3 is 0 Å². The Balaban J connectivity index is 0.00000529. The van der Waals surface area contributed by atoms with Crippen LogP contribution in [-0.4, -0.2) is 53.0 Å². The molecule has 0 bridgehead atoms. The summed E-state index contributed by atoms with van der Waals surface area (Å²) in [6.07, 6.45) is 2.09. The minimum absolute atomic E-state index is 0. The van der Waals surface area contributed by atoms with E-state index >= 15 is 0 Å². The van der Waals surface area contributed by atoms with Crippen molar-refractivity contribution in [1.29, 1.82) is 0 Å². The van der Waals surface area contributed by atoms with Crippen LogP contribution in [0.3, 0.4) is 0 Å². The lowest BCUT2D eigenvalue weighted by Gasteiger charge is -2.25. The molecule has 24 heavy (non-hydrogen) atoms. The molecule has 140 valence electrons. The van der Waals surface area contributed by atoms with Crippen LogP contribution in [0.4, 0.5) is 0 Å². The second-order valence-electron chi connectivity index (χ2n) is 6.03. The Labute approximate surface area is 167 Å². The summed E-state index contributed by atoms with van der Waals surface area (Å²) < 4.78 is 10.4. The van der Waals surface area contributed by atoms with Crippen molar-refractivity contribution >= 4 is 41.3 Å². The quantitative estimate of drug-likeness (QED) is 0.226. The van der Waals surface area contributed by atoms with E-state index in [1.807, 2.05) is 0 Å². The van der Waals surface area contributed by atoms with E-state index in [1.54, 1.807) is 25.5 Å². The van der Waals surface area contributed by atoms with Crippen LogP contribution in [0, 0.1) is 0 Å². The fourth-order valence-corrected chi connectivity index (χ4v) is 2.91. The summed E-state index contributed by atoms with van der Waals surface area (Å²) in [6, 6.07) is 4.29. The van der Waals surface area contributed by atoms with Crippen molar-refractivity contribution in [3.8, 4) is 0 Å². The monoisotopic (exact) mass is 469 g/mol. The summed E-state index contributed by atoms with van der Waals surface area (Å²) in [5.74, 6) is 0.856. The van der Waals surface area contributed by atoms with Crippen molar-refractivity contribution in [3.05, 3.63) is 22.4 Å². The molecule has 0 amide bonds. The van der Waals surface area contributed by atoms with E-state index in [-0.39, 0.29) is 29.4 Å². The maximum absolute atomic E-state index is 5.44. The van der Waals surface area contributed by atoms with Gasteiger partial charge in [0.2, 0.25) is 0 Å². The average molecular weight is 469 g/mol. The predicted molar refractivity (Wildman–Crippen MR) is 114 cm³/mol. The lowest BCUT2D eigenvalue weighted by molar-refractivity contribution is 0.0689. The predicted octanol–water partition coefficient (Wildman–Crippen LogP) is 3.25. The van der Waals surface area contributed by atoms with Gasteiger partial charge in [0.05, 0.1) is 13.2 Å². The number of aliphatic imine (C=N–C) groups is 1. The Morgan fingerprint density at radius 3 is 2.62 bits per heavy atom. The zero-order valence-electron chi connectivity index (χ0n) is 15.3. The Bertz CT molecular complexity index is 439. The Kier molecular flexibility index (Phi) is 13.6. The van der Waals surface area contributed by atoms with Gasteiger partial charge in [-0.2, -0.15) is 0 Å². The highest BCUT2D eigenvalue weighted by molar-refractivity contribution is 14.0. The molecule has 0 atom stereocenters. The van der Waals surface area contributed by atoms with Gasteiger partial charge in [-0.3, -0.25) is 4.99 Å². The van der Waals surface area contributed by atoms with Crippen LogP contribution >= 0.6 is 35.3 Å². The third-order valence-electron chi connectivity index (χ3n) is 3.55. The van der Waals surface area contributed by atoms with Crippen LogP contribution in [0.5, 0.6) is 0 Å². The minimum atomic E-state index is 0. The maximum Gasteiger partial charge on any atom is 0.191 e. The number of hydrogen-bond donors (Lipinski definition) is 2. The van der Waals surface area contributed by atoms with Gasteiger partial charge in [0, 0.05) is 44.1 Å². The van der Waals surface area contributed by atoms with E-state index in [9.17, 15) is 0 Å². The van der Waals surface area contributed by atoms with E-state index in [1.165, 1.54) is 4.88 Å². The molecule has 0 saturated carbocycles. The molecule has 0 radical (unpaired) electrons. The molecule has 0 aliphatic heterocycles. The van der Waals surface area contributed by atoms with E-state index < -0.39 is 0 Å². The molecule has 1 aromatic rings. The van der Waals surface area contributed by atoms with Crippen molar-refractivity contribution in [2.75, 3.05) is 47.1 Å². The number of ether oxygens (including phenoxy) is 2. The molecule has 0 aliphatic carbocycles. The van der Waals surface area contributed by atoms with Gasteiger partial charge in [0.25, 0.3) is 0 Å². The molecular formula is C17H32IN3O2S. The van der Waals surface area contributed by atoms with Crippen molar-refractivity contribution in [1.82, 2.24) is 10.6 Å². The number of halogens is 1. The van der Waals surface area contributed by atoms with Crippen LogP contribution in [0.25, 0.3) is 0 Å². The third kappa shape index (κ3) is 9.80. The van der Waals surface area contributed by atoms with Gasteiger partial charge in [-0.1, -0.05) is 19.9 Å². The molecule has 5 nitrogen and oxygen atoms in total. The molecule has 0 aliphatic rings. The normalized spacial score (nSPS) is 11.9. The number of rotatable bonds is 11. The Hall–Kier alpha value is -0.380. The van der Waals surface area contributed by atoms with Crippen LogP contribution in [0.1, 0.15) is 31.6 Å². The number of nitrogens with zero attached hydrogens (tertiary/aromatic N) is 1. The van der Waals surface area contributed by atoms with Crippen LogP contribution < -0.4 is 10.6 Å². The number of guanidine groups is 1. The maximum atomic E-state index is 5.44. The molecule has 0 unspecified atom stereocenters. The standard InChI is InChI=1S/C17H31N3O2S.HI/c1-17(2,15-8-7-13-23-15)14-20-16(18-3)19-9-5-6-10-22-12-11-21-4;/h7-8,13H,5-6,9-12,14H2,1-4H3,(H2,18,19,20);1H. The smallest absolute Gasteiger partial charge is 0.191 e. The first kappa shape index (κ1) is 23.6. The van der Waals surface area contributed by atoms with Gasteiger partial charge in [0.1, 0.15) is 0 Å². The molecule has 1 rings (SSSR count). The van der Waals surface area contributed by atoms with Crippen molar-refractivity contribution in [3.63, 3.8) is 0 Å². The summed E-state index contributed by atoms with van der Waals surface area (Å²) >= 11 is 1.80. The molecule has 1 heterocycles. The highest BCUT2D eigenvalue weighted by Crippen LogP contribution is 2.26. The van der Waals surface area contributed by atoms with Crippen molar-refractivity contribution < 1.29 is 9.47 Å². The first-order chi connectivity index (χ1) is 11.1. The highest BCUT2D eigenvalue weighted by atomic mass is 127. The SMILES string of the molecule is CN=C(NCCCCOCCOC)NCC(C)(C)c1cccs1.I. The molecule has 7 heteroatoms. The first-order valence-electron chi connectivity index (χ1n) is 8.15. The molecule has 0 spiro atoms. The summed E-state index contributed by atoms with van der Waals surface area (Å²) in [4.78, 5) is 5.66. The van der Waals surface area contributed by atoms with Gasteiger partial charge in [-0.15, -0.1) is 35.3 Å². The molecule has 0 fully saturated rings. The molecule has 2 N–H and O–H groups in total. The lowest BCUT2D eigenvalue weighted by atomic mass is 9.91. The summed E-state index contributed by atoms with van der Waals surface area (Å²) in [6.45, 7) is 8.36. The second-order valence-corrected chi connectivity index (χ2v) is 6.97. The lowest BCUT2D eigenvalue weighted by Crippen LogP contribution is -2.43. The fourth-order valence-electron chi connectivity index (χ4n) is 2.06. The number of hydrogen-bond acceptors (Lipinski definition) is 4. The molecule has 0 aromatic carbocycles. The Morgan fingerprint density at radius 1 is 1.21 bits per heavy atom. The number of nitrogens with one attached hydrogen (secondary N) is 2. The van der Waals surface area contributed by atoms with Gasteiger partial charge in [0.15, 0.2) is 5.96 Å². The zero-order valence-corrected chi connectivity index (χ0v) is 18.4. The van der Waals surface area contributed by atoms with Gasteiger partial charge in [-0.25, -0.2) is 0 Å². The molecular weight excluding hydrogens is 437 g/mol. The number of thiophene rings is 1. The topological polar surface area (TPSA) is 54.9 Å². The van der Waals surface area contributed by atoms with E-state index in [0.717, 1.165) is 38.5 Å². The fraction of sp³-hybridized carbons (Fsp3) is 0.706. The molecule has 1 aromatic heterocycles.